The van der Waals surface area contributed by atoms with Gasteiger partial charge in [0.2, 0.25) is 0 Å². The summed E-state index contributed by atoms with van der Waals surface area (Å²) in [5, 5.41) is 15.0. The summed E-state index contributed by atoms with van der Waals surface area (Å²) in [5.74, 6) is 0.590. The average molecular weight is 296 g/mol. The molecule has 0 spiro atoms. The van der Waals surface area contributed by atoms with E-state index in [4.69, 9.17) is 11.6 Å². The van der Waals surface area contributed by atoms with Gasteiger partial charge in [0.25, 0.3) is 5.69 Å². The van der Waals surface area contributed by atoms with Crippen molar-refractivity contribution in [3.8, 4) is 0 Å². The highest BCUT2D eigenvalue weighted by atomic mass is 35.5. The van der Waals surface area contributed by atoms with Crippen molar-refractivity contribution in [1.82, 2.24) is 10.2 Å². The van der Waals surface area contributed by atoms with Gasteiger partial charge >= 0.3 is 0 Å². The number of piperazine rings is 1. The Morgan fingerprint density at radius 2 is 2.05 bits per heavy atom. The molecule has 1 heterocycles. The van der Waals surface area contributed by atoms with E-state index < -0.39 is 0 Å². The summed E-state index contributed by atoms with van der Waals surface area (Å²) in [6, 6.07) is 5.03. The molecule has 6 heteroatoms. The van der Waals surface area contributed by atoms with Crippen molar-refractivity contribution < 1.29 is 4.92 Å². The lowest BCUT2D eigenvalue weighted by Crippen LogP contribution is -2.45. The van der Waals surface area contributed by atoms with Crippen LogP contribution >= 0.6 is 11.6 Å². The summed E-state index contributed by atoms with van der Waals surface area (Å²) in [6.07, 6.45) is 2.38. The van der Waals surface area contributed by atoms with E-state index in [1.165, 1.54) is 18.9 Å². The molecule has 1 aromatic rings. The number of benzene rings is 1. The second-order valence-electron chi connectivity index (χ2n) is 5.53. The van der Waals surface area contributed by atoms with Gasteiger partial charge < -0.3 is 5.32 Å². The molecule has 2 fully saturated rings. The van der Waals surface area contributed by atoms with Crippen LogP contribution in [-0.4, -0.2) is 36.0 Å². The summed E-state index contributed by atoms with van der Waals surface area (Å²) in [7, 11) is 0. The molecule has 20 heavy (non-hydrogen) atoms. The molecule has 0 bridgehead atoms. The molecule has 1 aliphatic carbocycles. The number of halogens is 1. The molecular formula is C14H18ClN3O2. The summed E-state index contributed by atoms with van der Waals surface area (Å²) >= 11 is 6.32. The minimum absolute atomic E-state index is 0.130. The second-order valence-corrected chi connectivity index (χ2v) is 5.94. The number of rotatable bonds is 4. The second kappa shape index (κ2) is 5.68. The van der Waals surface area contributed by atoms with Gasteiger partial charge in [-0.2, -0.15) is 0 Å². The van der Waals surface area contributed by atoms with Gasteiger partial charge in [0, 0.05) is 49.4 Å². The van der Waals surface area contributed by atoms with Crippen molar-refractivity contribution in [2.24, 2.45) is 5.92 Å². The standard InChI is InChI=1S/C14H18ClN3O2/c15-13-4-3-11(18(19)20)9-12(13)14(10-1-2-10)17-7-5-16-6-8-17/h3-4,9-10,14,16H,1-2,5-8H2/t14-/m1/s1. The van der Waals surface area contributed by atoms with E-state index in [1.807, 2.05) is 0 Å². The smallest absolute Gasteiger partial charge is 0.269 e. The van der Waals surface area contributed by atoms with Gasteiger partial charge in [-0.15, -0.1) is 0 Å². The molecule has 1 aromatic carbocycles. The van der Waals surface area contributed by atoms with Crippen LogP contribution in [0, 0.1) is 16.0 Å². The maximum atomic E-state index is 11.0. The third kappa shape index (κ3) is 2.80. The molecule has 1 aliphatic heterocycles. The zero-order valence-corrected chi connectivity index (χ0v) is 12.0. The molecule has 2 aliphatic rings. The molecule has 3 rings (SSSR count). The van der Waals surface area contributed by atoms with Crippen LogP contribution in [0.5, 0.6) is 0 Å². The van der Waals surface area contributed by atoms with Crippen LogP contribution in [0.4, 0.5) is 5.69 Å². The van der Waals surface area contributed by atoms with E-state index >= 15 is 0 Å². The third-order valence-electron chi connectivity index (χ3n) is 4.12. The first-order valence-corrected chi connectivity index (χ1v) is 7.43. The predicted molar refractivity (Wildman–Crippen MR) is 78.0 cm³/mol. The summed E-state index contributed by atoms with van der Waals surface area (Å²) in [4.78, 5) is 13.1. The fourth-order valence-electron chi connectivity index (χ4n) is 2.99. The third-order valence-corrected chi connectivity index (χ3v) is 4.47. The fraction of sp³-hybridized carbons (Fsp3) is 0.571. The summed E-state index contributed by atoms with van der Waals surface area (Å²) in [5.41, 5.74) is 1.05. The zero-order chi connectivity index (χ0) is 14.1. The molecule has 0 unspecified atom stereocenters. The maximum absolute atomic E-state index is 11.0. The van der Waals surface area contributed by atoms with Gasteiger partial charge in [-0.3, -0.25) is 15.0 Å². The average Bonchev–Trinajstić information content (AvgIpc) is 3.27. The maximum Gasteiger partial charge on any atom is 0.269 e. The van der Waals surface area contributed by atoms with Gasteiger partial charge in [-0.1, -0.05) is 11.6 Å². The van der Waals surface area contributed by atoms with Gasteiger partial charge in [-0.05, 0) is 30.4 Å². The van der Waals surface area contributed by atoms with Gasteiger partial charge in [0.15, 0.2) is 0 Å². The van der Waals surface area contributed by atoms with Crippen molar-refractivity contribution in [2.75, 3.05) is 26.2 Å². The highest BCUT2D eigenvalue weighted by Crippen LogP contribution is 2.47. The van der Waals surface area contributed by atoms with Crippen molar-refractivity contribution in [2.45, 2.75) is 18.9 Å². The molecular weight excluding hydrogens is 278 g/mol. The monoisotopic (exact) mass is 295 g/mol. The van der Waals surface area contributed by atoms with E-state index in [9.17, 15) is 10.1 Å². The molecule has 1 saturated carbocycles. The Balaban J connectivity index is 1.94. The van der Waals surface area contributed by atoms with E-state index in [2.05, 4.69) is 10.2 Å². The first-order valence-electron chi connectivity index (χ1n) is 7.05. The molecule has 0 radical (unpaired) electrons. The Kier molecular flexibility index (Phi) is 3.92. The Morgan fingerprint density at radius 3 is 2.65 bits per heavy atom. The summed E-state index contributed by atoms with van der Waals surface area (Å²) in [6.45, 7) is 3.88. The van der Waals surface area contributed by atoms with Gasteiger partial charge in [0.05, 0.1) is 4.92 Å². The van der Waals surface area contributed by atoms with Crippen LogP contribution in [-0.2, 0) is 0 Å². The Hall–Kier alpha value is -1.17. The van der Waals surface area contributed by atoms with Crippen LogP contribution < -0.4 is 5.32 Å². The molecule has 1 atom stereocenters. The quantitative estimate of drug-likeness (QED) is 0.685. The lowest BCUT2D eigenvalue weighted by Gasteiger charge is -2.35. The number of hydrogen-bond acceptors (Lipinski definition) is 4. The minimum Gasteiger partial charge on any atom is -0.314 e. The van der Waals surface area contributed by atoms with Crippen molar-refractivity contribution in [1.29, 1.82) is 0 Å². The van der Waals surface area contributed by atoms with Crippen LogP contribution in [0.1, 0.15) is 24.4 Å². The summed E-state index contributed by atoms with van der Waals surface area (Å²) < 4.78 is 0. The fourth-order valence-corrected chi connectivity index (χ4v) is 3.22. The Labute approximate surface area is 123 Å². The first kappa shape index (κ1) is 13.8. The lowest BCUT2D eigenvalue weighted by atomic mass is 9.99. The Bertz CT molecular complexity index is 513. The van der Waals surface area contributed by atoms with Crippen LogP contribution in [0.3, 0.4) is 0 Å². The number of non-ortho nitro benzene ring substituents is 1. The van der Waals surface area contributed by atoms with E-state index in [1.54, 1.807) is 12.1 Å². The van der Waals surface area contributed by atoms with Crippen molar-refractivity contribution in [3.05, 3.63) is 38.9 Å². The SMILES string of the molecule is O=[N+]([O-])c1ccc(Cl)c([C@@H](C2CC2)N2CCNCC2)c1. The molecule has 0 aromatic heterocycles. The highest BCUT2D eigenvalue weighted by molar-refractivity contribution is 6.31. The number of hydrogen-bond donors (Lipinski definition) is 1. The first-order chi connectivity index (χ1) is 9.66. The van der Waals surface area contributed by atoms with Crippen LogP contribution in [0.15, 0.2) is 18.2 Å². The van der Waals surface area contributed by atoms with E-state index in [-0.39, 0.29) is 16.7 Å². The van der Waals surface area contributed by atoms with Crippen molar-refractivity contribution >= 4 is 17.3 Å². The Morgan fingerprint density at radius 1 is 1.35 bits per heavy atom. The zero-order valence-electron chi connectivity index (χ0n) is 11.2. The normalized spacial score (nSPS) is 21.6. The van der Waals surface area contributed by atoms with Crippen LogP contribution in [0.2, 0.25) is 5.02 Å². The number of nitro groups is 1. The van der Waals surface area contributed by atoms with Gasteiger partial charge in [-0.25, -0.2) is 0 Å². The molecule has 0 amide bonds. The van der Waals surface area contributed by atoms with Crippen molar-refractivity contribution in [3.63, 3.8) is 0 Å². The molecule has 1 saturated heterocycles. The molecule has 1 N–H and O–H groups in total. The molecule has 108 valence electrons. The predicted octanol–water partition coefficient (Wildman–Crippen LogP) is 2.60. The topological polar surface area (TPSA) is 58.4 Å². The largest absolute Gasteiger partial charge is 0.314 e. The van der Waals surface area contributed by atoms with Crippen LogP contribution in [0.25, 0.3) is 0 Å². The molecule has 5 nitrogen and oxygen atoms in total. The van der Waals surface area contributed by atoms with E-state index in [0.717, 1.165) is 31.7 Å². The minimum atomic E-state index is -0.346. The highest BCUT2D eigenvalue weighted by Gasteiger charge is 2.38. The number of nitrogens with one attached hydrogen (secondary N) is 1. The number of nitrogens with zero attached hydrogens (tertiary/aromatic N) is 2. The van der Waals surface area contributed by atoms with Gasteiger partial charge in [0.1, 0.15) is 0 Å². The van der Waals surface area contributed by atoms with E-state index in [0.29, 0.717) is 10.9 Å². The number of nitro benzene ring substituents is 1. The lowest BCUT2D eigenvalue weighted by molar-refractivity contribution is -0.385.